The quantitative estimate of drug-likeness (QED) is 0.392. The van der Waals surface area contributed by atoms with Crippen molar-refractivity contribution >= 4 is 31.9 Å². The Morgan fingerprint density at radius 1 is 0.325 bits per heavy atom. The summed E-state index contributed by atoms with van der Waals surface area (Å²) < 4.78 is 58.7. The number of rotatable bonds is 0. The Bertz CT molecular complexity index is 876. The molecule has 0 saturated heterocycles. The lowest BCUT2D eigenvalue weighted by molar-refractivity contribution is 0.00248. The molecule has 0 radical (unpaired) electrons. The molecule has 0 aromatic heterocycles. The summed E-state index contributed by atoms with van der Waals surface area (Å²) in [5.41, 5.74) is 0. The molecule has 0 saturated carbocycles. The molecule has 2 aromatic carbocycles. The Balaban J connectivity index is 1.40. The highest BCUT2D eigenvalue weighted by Crippen LogP contribution is 2.31. The van der Waals surface area contributed by atoms with Crippen LogP contribution in [0.5, 0.6) is 23.0 Å². The molecule has 0 spiro atoms. The molecule has 0 atom stereocenters. The molecule has 0 amide bonds. The second-order valence-corrected chi connectivity index (χ2v) is 10.1. The molecule has 1 heterocycles. The Morgan fingerprint density at radius 2 is 0.575 bits per heavy atom. The van der Waals surface area contributed by atoms with Crippen molar-refractivity contribution in [2.75, 3.05) is 106 Å². The summed E-state index contributed by atoms with van der Waals surface area (Å²) in [4.78, 5) is 0. The smallest absolute Gasteiger partial charge is 0.162 e. The van der Waals surface area contributed by atoms with Gasteiger partial charge in [-0.1, -0.05) is 31.9 Å². The van der Waals surface area contributed by atoms with E-state index in [1.54, 1.807) is 0 Å². The Kier molecular flexibility index (Phi) is 17.4. The van der Waals surface area contributed by atoms with Crippen LogP contribution in [0.15, 0.2) is 45.3 Å². The van der Waals surface area contributed by atoms with Crippen LogP contribution in [0.2, 0.25) is 0 Å². The fourth-order valence-electron chi connectivity index (χ4n) is 3.35. The zero-order valence-electron chi connectivity index (χ0n) is 22.6. The second kappa shape index (κ2) is 21.1. The third-order valence-electron chi connectivity index (χ3n) is 5.24. The topological polar surface area (TPSA) is 92.3 Å². The lowest BCUT2D eigenvalue weighted by atomic mass is 10.3. The van der Waals surface area contributed by atoms with Crippen LogP contribution < -0.4 is 18.9 Å². The van der Waals surface area contributed by atoms with Crippen molar-refractivity contribution in [2.24, 2.45) is 0 Å². The Labute approximate surface area is 252 Å². The van der Waals surface area contributed by atoms with E-state index in [4.69, 9.17) is 47.4 Å². The maximum absolute atomic E-state index is 5.86. The fourth-order valence-corrected chi connectivity index (χ4v) is 4.03. The average Bonchev–Trinajstić information content (AvgIpc) is 2.95. The summed E-state index contributed by atoms with van der Waals surface area (Å²) in [5, 5.41) is 0. The van der Waals surface area contributed by atoms with Crippen molar-refractivity contribution in [2.45, 2.75) is 0 Å². The van der Waals surface area contributed by atoms with Gasteiger partial charge < -0.3 is 47.4 Å². The highest BCUT2D eigenvalue weighted by atomic mass is 79.9. The van der Waals surface area contributed by atoms with E-state index < -0.39 is 0 Å². The van der Waals surface area contributed by atoms with E-state index in [2.05, 4.69) is 31.9 Å². The molecule has 0 N–H and O–H groups in total. The zero-order valence-corrected chi connectivity index (χ0v) is 25.8. The zero-order chi connectivity index (χ0) is 28.1. The molecular formula is C28H38Br2O10. The van der Waals surface area contributed by atoms with Gasteiger partial charge in [-0.05, 0) is 36.4 Å². The number of fused-ring (bicyclic) bond motifs is 2. The molecule has 1 aliphatic rings. The van der Waals surface area contributed by atoms with Gasteiger partial charge in [0.1, 0.15) is 26.4 Å². The first-order valence-corrected chi connectivity index (χ1v) is 14.9. The number of halogens is 2. The minimum absolute atomic E-state index is 0.387. The van der Waals surface area contributed by atoms with Gasteiger partial charge in [-0.15, -0.1) is 0 Å². The lowest BCUT2D eigenvalue weighted by Crippen LogP contribution is -2.15. The number of ether oxygens (including phenoxy) is 10. The minimum Gasteiger partial charge on any atom is -0.487 e. The first-order chi connectivity index (χ1) is 19.7. The highest BCUT2D eigenvalue weighted by molar-refractivity contribution is 9.10. The second-order valence-electron chi connectivity index (χ2n) is 8.25. The summed E-state index contributed by atoms with van der Waals surface area (Å²) >= 11 is 6.94. The molecule has 0 unspecified atom stereocenters. The molecule has 0 aliphatic carbocycles. The van der Waals surface area contributed by atoms with Crippen molar-refractivity contribution in [1.82, 2.24) is 0 Å². The van der Waals surface area contributed by atoms with Gasteiger partial charge in [-0.3, -0.25) is 0 Å². The van der Waals surface area contributed by atoms with Gasteiger partial charge in [0.2, 0.25) is 0 Å². The van der Waals surface area contributed by atoms with Crippen LogP contribution in [-0.2, 0) is 28.4 Å². The van der Waals surface area contributed by atoms with Crippen molar-refractivity contribution in [3.63, 3.8) is 0 Å². The summed E-state index contributed by atoms with van der Waals surface area (Å²) in [6, 6.07) is 11.3. The summed E-state index contributed by atoms with van der Waals surface area (Å²) in [7, 11) is 0. The molecule has 1 aliphatic heterocycles. The van der Waals surface area contributed by atoms with Gasteiger partial charge in [-0.25, -0.2) is 0 Å². The van der Waals surface area contributed by atoms with Crippen LogP contribution in [0.25, 0.3) is 0 Å². The van der Waals surface area contributed by atoms with Gasteiger partial charge in [0.05, 0.1) is 79.3 Å². The first-order valence-electron chi connectivity index (χ1n) is 13.3. The van der Waals surface area contributed by atoms with E-state index in [1.807, 2.05) is 36.4 Å². The highest BCUT2D eigenvalue weighted by Gasteiger charge is 2.08. The standard InChI is InChI=1S/C28H38Br2O10/c29-23-1-3-25-27(21-23)39-19-15-35-11-7-32-8-12-36-16-20-40-28-22-24(30)2-4-26(28)38-18-14-34-10-6-31-5-9-33-13-17-37-25/h1-4,21-22H,5-20H2. The predicted molar refractivity (Wildman–Crippen MR) is 155 cm³/mol. The fraction of sp³-hybridized carbons (Fsp3) is 0.571. The first kappa shape index (κ1) is 32.9. The molecule has 0 bridgehead atoms. The molecule has 224 valence electrons. The third-order valence-corrected chi connectivity index (χ3v) is 6.23. The largest absolute Gasteiger partial charge is 0.487 e. The van der Waals surface area contributed by atoms with Crippen molar-refractivity contribution < 1.29 is 47.4 Å². The minimum atomic E-state index is 0.387. The Hall–Kier alpha value is -1.64. The van der Waals surface area contributed by atoms with Gasteiger partial charge in [0.25, 0.3) is 0 Å². The van der Waals surface area contributed by atoms with Gasteiger partial charge >= 0.3 is 0 Å². The average molecular weight is 694 g/mol. The molecule has 0 fully saturated rings. The number of hydrogen-bond donors (Lipinski definition) is 0. The van der Waals surface area contributed by atoms with Crippen molar-refractivity contribution in [1.29, 1.82) is 0 Å². The molecule has 10 nitrogen and oxygen atoms in total. The van der Waals surface area contributed by atoms with Crippen LogP contribution in [0.4, 0.5) is 0 Å². The monoisotopic (exact) mass is 692 g/mol. The van der Waals surface area contributed by atoms with E-state index in [9.17, 15) is 0 Å². The van der Waals surface area contributed by atoms with Crippen molar-refractivity contribution in [3.05, 3.63) is 45.3 Å². The normalized spacial score (nSPS) is 18.9. The number of benzene rings is 2. The Morgan fingerprint density at radius 3 is 0.875 bits per heavy atom. The van der Waals surface area contributed by atoms with E-state index >= 15 is 0 Å². The summed E-state index contributed by atoms with van der Waals surface area (Å²) in [5.74, 6) is 2.57. The van der Waals surface area contributed by atoms with Gasteiger partial charge in [0, 0.05) is 8.95 Å². The molecule has 12 heteroatoms. The van der Waals surface area contributed by atoms with E-state index in [1.165, 1.54) is 0 Å². The SMILES string of the molecule is Brc1ccc2c(c1)OCCOCCOCCOCCOc1cc(Br)ccc1OCCOCCOCCOCCO2. The van der Waals surface area contributed by atoms with Crippen molar-refractivity contribution in [3.8, 4) is 23.0 Å². The maximum atomic E-state index is 5.86. The van der Waals surface area contributed by atoms with Gasteiger partial charge in [-0.2, -0.15) is 0 Å². The predicted octanol–water partition coefficient (Wildman–Crippen LogP) is 4.54. The van der Waals surface area contributed by atoms with E-state index in [0.29, 0.717) is 129 Å². The van der Waals surface area contributed by atoms with Crippen LogP contribution >= 0.6 is 31.9 Å². The third kappa shape index (κ3) is 14.3. The molecule has 3 rings (SSSR count). The van der Waals surface area contributed by atoms with Crippen LogP contribution in [0.1, 0.15) is 0 Å². The maximum Gasteiger partial charge on any atom is 0.162 e. The molecule has 2 aromatic rings. The van der Waals surface area contributed by atoms with E-state index in [-0.39, 0.29) is 0 Å². The molecule has 40 heavy (non-hydrogen) atoms. The molecular weight excluding hydrogens is 656 g/mol. The summed E-state index contributed by atoms with van der Waals surface area (Å²) in [6.45, 7) is 7.03. The van der Waals surface area contributed by atoms with Crippen LogP contribution in [-0.4, -0.2) is 106 Å². The van der Waals surface area contributed by atoms with Crippen LogP contribution in [0.3, 0.4) is 0 Å². The van der Waals surface area contributed by atoms with Gasteiger partial charge in [0.15, 0.2) is 23.0 Å². The van der Waals surface area contributed by atoms with E-state index in [0.717, 1.165) is 8.95 Å². The summed E-state index contributed by atoms with van der Waals surface area (Å²) in [6.07, 6.45) is 0. The van der Waals surface area contributed by atoms with Crippen LogP contribution in [0, 0.1) is 0 Å². The number of hydrogen-bond acceptors (Lipinski definition) is 10. The lowest BCUT2D eigenvalue weighted by Gasteiger charge is -2.14.